The number of rotatable bonds is 4. The maximum absolute atomic E-state index is 12.0. The van der Waals surface area contributed by atoms with Crippen LogP contribution in [0.25, 0.3) is 0 Å². The summed E-state index contributed by atoms with van der Waals surface area (Å²) in [6.45, 7) is 4.48. The van der Waals surface area contributed by atoms with Gasteiger partial charge in [-0.15, -0.1) is 0 Å². The fourth-order valence-corrected chi connectivity index (χ4v) is 5.09. The van der Waals surface area contributed by atoms with Crippen molar-refractivity contribution in [1.29, 1.82) is 0 Å². The molecule has 2 bridgehead atoms. The average molecular weight is 378 g/mol. The van der Waals surface area contributed by atoms with Crippen LogP contribution in [0.4, 0.5) is 0 Å². The van der Waals surface area contributed by atoms with Gasteiger partial charge in [0, 0.05) is 17.0 Å². The molecule has 5 rings (SSSR count). The SMILES string of the molecule is C[C@H]1[C@H](c2nc(Oc3ccc(Cl)cc3)sc2C(N)=O)C2CCN1CC2. The number of carbonyl (C=O) groups is 1. The maximum atomic E-state index is 12.0. The highest BCUT2D eigenvalue weighted by Gasteiger charge is 2.43. The largest absolute Gasteiger partial charge is 0.431 e. The van der Waals surface area contributed by atoms with E-state index in [-0.39, 0.29) is 5.92 Å². The van der Waals surface area contributed by atoms with Crippen LogP contribution in [-0.2, 0) is 0 Å². The van der Waals surface area contributed by atoms with Crippen molar-refractivity contribution in [3.63, 3.8) is 0 Å². The Labute approximate surface area is 155 Å². The zero-order valence-electron chi connectivity index (χ0n) is 13.9. The van der Waals surface area contributed by atoms with Crippen LogP contribution in [0.15, 0.2) is 24.3 Å². The fourth-order valence-electron chi connectivity index (χ4n) is 4.12. The van der Waals surface area contributed by atoms with E-state index in [4.69, 9.17) is 22.1 Å². The van der Waals surface area contributed by atoms with Crippen LogP contribution in [0.1, 0.15) is 41.0 Å². The van der Waals surface area contributed by atoms with Crippen LogP contribution < -0.4 is 10.5 Å². The van der Waals surface area contributed by atoms with E-state index in [0.717, 1.165) is 31.6 Å². The van der Waals surface area contributed by atoms with Gasteiger partial charge in [0.1, 0.15) is 10.6 Å². The van der Waals surface area contributed by atoms with Gasteiger partial charge in [0.05, 0.1) is 5.69 Å². The Morgan fingerprint density at radius 2 is 2.00 bits per heavy atom. The molecule has 3 aliphatic heterocycles. The molecule has 0 unspecified atom stereocenters. The lowest BCUT2D eigenvalue weighted by atomic mass is 9.72. The first kappa shape index (κ1) is 16.8. The third kappa shape index (κ3) is 3.14. The molecule has 132 valence electrons. The highest BCUT2D eigenvalue weighted by atomic mass is 35.5. The molecule has 1 aromatic heterocycles. The van der Waals surface area contributed by atoms with Gasteiger partial charge >= 0.3 is 0 Å². The van der Waals surface area contributed by atoms with E-state index in [1.165, 1.54) is 11.3 Å². The minimum atomic E-state index is -0.429. The average Bonchev–Trinajstić information content (AvgIpc) is 3.02. The number of halogens is 1. The number of amides is 1. The summed E-state index contributed by atoms with van der Waals surface area (Å²) in [4.78, 5) is 19.7. The number of piperidine rings is 3. The summed E-state index contributed by atoms with van der Waals surface area (Å²) < 4.78 is 5.84. The quantitative estimate of drug-likeness (QED) is 0.877. The zero-order chi connectivity index (χ0) is 17.6. The summed E-state index contributed by atoms with van der Waals surface area (Å²) in [5.41, 5.74) is 6.44. The van der Waals surface area contributed by atoms with Crippen LogP contribution >= 0.6 is 22.9 Å². The second-order valence-corrected chi connectivity index (χ2v) is 8.15. The number of benzene rings is 1. The molecule has 1 aromatic carbocycles. The van der Waals surface area contributed by atoms with Crippen molar-refractivity contribution in [2.24, 2.45) is 11.7 Å². The highest BCUT2D eigenvalue weighted by Crippen LogP contribution is 2.46. The van der Waals surface area contributed by atoms with Gasteiger partial charge in [0.2, 0.25) is 0 Å². The number of hydrogen-bond donors (Lipinski definition) is 1. The summed E-state index contributed by atoms with van der Waals surface area (Å²) in [7, 11) is 0. The Hall–Kier alpha value is -1.63. The van der Waals surface area contributed by atoms with Crippen molar-refractivity contribution < 1.29 is 9.53 Å². The molecule has 2 aromatic rings. The molecule has 1 amide bonds. The molecule has 7 heteroatoms. The van der Waals surface area contributed by atoms with Gasteiger partial charge < -0.3 is 10.5 Å². The molecule has 0 saturated carbocycles. The van der Waals surface area contributed by atoms with Gasteiger partial charge in [-0.2, -0.15) is 0 Å². The predicted molar refractivity (Wildman–Crippen MR) is 98.7 cm³/mol. The van der Waals surface area contributed by atoms with Crippen molar-refractivity contribution >= 4 is 28.8 Å². The van der Waals surface area contributed by atoms with E-state index in [0.29, 0.717) is 32.8 Å². The predicted octanol–water partition coefficient (Wildman–Crippen LogP) is 3.89. The molecule has 4 heterocycles. The van der Waals surface area contributed by atoms with Gasteiger partial charge in [0.15, 0.2) is 0 Å². The van der Waals surface area contributed by atoms with Crippen LogP contribution in [0, 0.1) is 5.92 Å². The second kappa shape index (κ2) is 6.59. The molecule has 2 atom stereocenters. The Balaban J connectivity index is 1.66. The van der Waals surface area contributed by atoms with E-state index in [2.05, 4.69) is 16.8 Å². The van der Waals surface area contributed by atoms with E-state index < -0.39 is 5.91 Å². The van der Waals surface area contributed by atoms with Crippen molar-refractivity contribution in [2.45, 2.75) is 31.7 Å². The number of hydrogen-bond acceptors (Lipinski definition) is 5. The molecule has 2 N–H and O–H groups in total. The first-order chi connectivity index (χ1) is 12.0. The van der Waals surface area contributed by atoms with E-state index in [1.807, 2.05) is 0 Å². The first-order valence-electron chi connectivity index (χ1n) is 8.51. The van der Waals surface area contributed by atoms with E-state index in [1.54, 1.807) is 24.3 Å². The number of aromatic nitrogens is 1. The number of ether oxygens (including phenoxy) is 1. The van der Waals surface area contributed by atoms with Crippen LogP contribution in [-0.4, -0.2) is 34.9 Å². The first-order valence-corrected chi connectivity index (χ1v) is 9.70. The molecule has 3 fully saturated rings. The molecule has 5 nitrogen and oxygen atoms in total. The van der Waals surface area contributed by atoms with Crippen LogP contribution in [0.3, 0.4) is 0 Å². The molecule has 3 saturated heterocycles. The highest BCUT2D eigenvalue weighted by molar-refractivity contribution is 7.15. The lowest BCUT2D eigenvalue weighted by molar-refractivity contribution is 0.0332. The smallest absolute Gasteiger partial charge is 0.279 e. The number of carbonyl (C=O) groups excluding carboxylic acids is 1. The summed E-state index contributed by atoms with van der Waals surface area (Å²) in [5.74, 6) is 1.01. The molecule has 0 radical (unpaired) electrons. The Morgan fingerprint density at radius 3 is 2.60 bits per heavy atom. The van der Waals surface area contributed by atoms with Crippen molar-refractivity contribution in [3.8, 4) is 10.9 Å². The van der Waals surface area contributed by atoms with Gasteiger partial charge in [-0.25, -0.2) is 4.98 Å². The lowest BCUT2D eigenvalue weighted by Gasteiger charge is -2.49. The van der Waals surface area contributed by atoms with Crippen molar-refractivity contribution in [1.82, 2.24) is 9.88 Å². The molecule has 0 aliphatic carbocycles. The lowest BCUT2D eigenvalue weighted by Crippen LogP contribution is -2.52. The number of primary amides is 1. The Morgan fingerprint density at radius 1 is 1.32 bits per heavy atom. The van der Waals surface area contributed by atoms with E-state index >= 15 is 0 Å². The normalized spacial score (nSPS) is 28.1. The summed E-state index contributed by atoms with van der Waals surface area (Å²) in [6, 6.07) is 7.45. The Kier molecular flexibility index (Phi) is 4.43. The summed E-state index contributed by atoms with van der Waals surface area (Å²) >= 11 is 7.14. The molecule has 0 spiro atoms. The maximum Gasteiger partial charge on any atom is 0.279 e. The molecule has 3 aliphatic rings. The van der Waals surface area contributed by atoms with Crippen molar-refractivity contribution in [2.75, 3.05) is 13.1 Å². The van der Waals surface area contributed by atoms with Crippen LogP contribution in [0.2, 0.25) is 5.02 Å². The number of nitrogens with zero attached hydrogens (tertiary/aromatic N) is 2. The summed E-state index contributed by atoms with van der Waals surface area (Å²) in [5, 5.41) is 1.10. The van der Waals surface area contributed by atoms with Gasteiger partial charge in [-0.05, 0) is 63.0 Å². The van der Waals surface area contributed by atoms with Crippen LogP contribution in [0.5, 0.6) is 10.9 Å². The molecular formula is C18H20ClN3O2S. The topological polar surface area (TPSA) is 68.5 Å². The van der Waals surface area contributed by atoms with Gasteiger partial charge in [-0.3, -0.25) is 9.69 Å². The van der Waals surface area contributed by atoms with E-state index in [9.17, 15) is 4.79 Å². The molecule has 25 heavy (non-hydrogen) atoms. The monoisotopic (exact) mass is 377 g/mol. The second-order valence-electron chi connectivity index (χ2n) is 6.75. The number of fused-ring (bicyclic) bond motifs is 3. The standard InChI is InChI=1S/C18H20ClN3O2S/c1-10-14(11-6-8-22(10)9-7-11)15-16(17(20)23)25-18(21-15)24-13-4-2-12(19)3-5-13/h2-5,10-11,14H,6-9H2,1H3,(H2,20,23)/t10-,14-/m0/s1. The minimum Gasteiger partial charge on any atom is -0.431 e. The van der Waals surface area contributed by atoms with Gasteiger partial charge in [0.25, 0.3) is 11.1 Å². The Bertz CT molecular complexity index is 782. The zero-order valence-corrected chi connectivity index (χ0v) is 15.5. The number of thiazole rings is 1. The third-order valence-electron chi connectivity index (χ3n) is 5.37. The summed E-state index contributed by atoms with van der Waals surface area (Å²) in [6.07, 6.45) is 2.30. The van der Waals surface area contributed by atoms with Gasteiger partial charge in [-0.1, -0.05) is 22.9 Å². The fraction of sp³-hybridized carbons (Fsp3) is 0.444. The minimum absolute atomic E-state index is 0.240. The van der Waals surface area contributed by atoms with Crippen molar-refractivity contribution in [3.05, 3.63) is 39.9 Å². The third-order valence-corrected chi connectivity index (χ3v) is 6.59. The number of nitrogens with two attached hydrogens (primary N) is 1. The molecular weight excluding hydrogens is 358 g/mol.